The van der Waals surface area contributed by atoms with Gasteiger partial charge in [0.1, 0.15) is 12.3 Å². The minimum absolute atomic E-state index is 0.0483. The van der Waals surface area contributed by atoms with Gasteiger partial charge < -0.3 is 10.8 Å². The summed E-state index contributed by atoms with van der Waals surface area (Å²) in [4.78, 5) is 11.5. The molecule has 0 radical (unpaired) electrons. The Hall–Kier alpha value is -2.97. The molecule has 1 heterocycles. The van der Waals surface area contributed by atoms with Crippen LogP contribution in [0.15, 0.2) is 29.4 Å². The molecule has 0 atom stereocenters. The molecule has 0 aliphatic heterocycles. The van der Waals surface area contributed by atoms with Gasteiger partial charge in [-0.3, -0.25) is 4.79 Å². The lowest BCUT2D eigenvalue weighted by atomic mass is 10.2. The number of phenolic OH excluding ortho intramolecular Hbond substituents is 1. The molecule has 0 bridgehead atoms. The van der Waals surface area contributed by atoms with Gasteiger partial charge in [-0.15, -0.1) is 0 Å². The van der Waals surface area contributed by atoms with E-state index in [9.17, 15) is 9.90 Å². The summed E-state index contributed by atoms with van der Waals surface area (Å²) in [7, 11) is 0. The second kappa shape index (κ2) is 5.58. The average Bonchev–Trinajstić information content (AvgIpc) is 2.75. The predicted molar refractivity (Wildman–Crippen MR) is 66.1 cm³/mol. The zero-order valence-electron chi connectivity index (χ0n) is 9.76. The number of hydrogen-bond acceptors (Lipinski definition) is 7. The van der Waals surface area contributed by atoms with Crippen LogP contribution in [0.5, 0.6) is 5.75 Å². The molecule has 1 aromatic heterocycles. The molecule has 9 nitrogen and oxygen atoms in total. The van der Waals surface area contributed by atoms with Crippen molar-refractivity contribution in [2.45, 2.75) is 6.54 Å². The highest BCUT2D eigenvalue weighted by molar-refractivity contribution is 5.82. The zero-order chi connectivity index (χ0) is 13.7. The Labute approximate surface area is 107 Å². The quantitative estimate of drug-likeness (QED) is 0.483. The average molecular weight is 261 g/mol. The monoisotopic (exact) mass is 261 g/mol. The second-order valence-corrected chi connectivity index (χ2v) is 3.58. The maximum atomic E-state index is 11.5. The van der Waals surface area contributed by atoms with E-state index in [-0.39, 0.29) is 18.2 Å². The first-order valence-corrected chi connectivity index (χ1v) is 5.28. The first-order chi connectivity index (χ1) is 9.15. The number of carbonyl (C=O) groups excluding carboxylic acids is 1. The lowest BCUT2D eigenvalue weighted by Crippen LogP contribution is -2.24. The van der Waals surface area contributed by atoms with E-state index in [1.807, 2.05) is 0 Å². The fourth-order valence-corrected chi connectivity index (χ4v) is 1.28. The number of phenols is 1. The summed E-state index contributed by atoms with van der Waals surface area (Å²) in [6.45, 7) is -0.129. The standard InChI is InChI=1S/C10H11N7O2/c11-10-14-15-16-17(10)6-9(19)13-12-5-7-2-1-3-8(18)4-7/h1-5,18H,6H2,(H,13,19)(H2,11,14,16)/b12-5-. The van der Waals surface area contributed by atoms with E-state index in [1.54, 1.807) is 12.1 Å². The third-order valence-electron chi connectivity index (χ3n) is 2.13. The number of nitrogen functional groups attached to an aromatic ring is 1. The Kier molecular flexibility index (Phi) is 3.67. The summed E-state index contributed by atoms with van der Waals surface area (Å²) in [5.74, 6) is -0.251. The Balaban J connectivity index is 1.88. The third kappa shape index (κ3) is 3.49. The zero-order valence-corrected chi connectivity index (χ0v) is 9.76. The van der Waals surface area contributed by atoms with Crippen LogP contribution in [0.25, 0.3) is 0 Å². The van der Waals surface area contributed by atoms with Crippen molar-refractivity contribution in [2.75, 3.05) is 5.73 Å². The van der Waals surface area contributed by atoms with E-state index >= 15 is 0 Å². The first-order valence-electron chi connectivity index (χ1n) is 5.28. The van der Waals surface area contributed by atoms with E-state index in [2.05, 4.69) is 26.1 Å². The summed E-state index contributed by atoms with van der Waals surface area (Å²) < 4.78 is 1.14. The van der Waals surface area contributed by atoms with Crippen molar-refractivity contribution in [3.05, 3.63) is 29.8 Å². The number of rotatable bonds is 4. The van der Waals surface area contributed by atoms with Gasteiger partial charge >= 0.3 is 0 Å². The molecule has 0 aliphatic carbocycles. The fourth-order valence-electron chi connectivity index (χ4n) is 1.28. The number of anilines is 1. The van der Waals surface area contributed by atoms with Crippen molar-refractivity contribution < 1.29 is 9.90 Å². The molecule has 98 valence electrons. The highest BCUT2D eigenvalue weighted by atomic mass is 16.3. The van der Waals surface area contributed by atoms with Crippen LogP contribution >= 0.6 is 0 Å². The number of aromatic nitrogens is 4. The lowest BCUT2D eigenvalue weighted by Gasteiger charge is -2.00. The van der Waals surface area contributed by atoms with Gasteiger partial charge in [0.25, 0.3) is 5.91 Å². The van der Waals surface area contributed by atoms with Gasteiger partial charge in [-0.1, -0.05) is 17.2 Å². The van der Waals surface area contributed by atoms with Gasteiger partial charge in [0.2, 0.25) is 5.95 Å². The summed E-state index contributed by atoms with van der Waals surface area (Å²) in [5, 5.41) is 23.2. The van der Waals surface area contributed by atoms with Crippen LogP contribution in [-0.2, 0) is 11.3 Å². The van der Waals surface area contributed by atoms with Crippen molar-refractivity contribution in [3.63, 3.8) is 0 Å². The SMILES string of the molecule is Nc1nnnn1CC(=O)N/N=C\c1cccc(O)c1. The summed E-state index contributed by atoms with van der Waals surface area (Å²) in [6.07, 6.45) is 1.40. The summed E-state index contributed by atoms with van der Waals surface area (Å²) in [5.41, 5.74) is 8.35. The van der Waals surface area contributed by atoms with Crippen LogP contribution in [0.3, 0.4) is 0 Å². The number of hydrogen-bond donors (Lipinski definition) is 3. The van der Waals surface area contributed by atoms with Crippen molar-refractivity contribution in [2.24, 2.45) is 5.10 Å². The minimum Gasteiger partial charge on any atom is -0.508 e. The van der Waals surface area contributed by atoms with Crippen LogP contribution in [0.2, 0.25) is 0 Å². The van der Waals surface area contributed by atoms with Gasteiger partial charge in [-0.05, 0) is 28.1 Å². The van der Waals surface area contributed by atoms with Crippen LogP contribution in [0.4, 0.5) is 5.95 Å². The Morgan fingerprint density at radius 1 is 1.58 bits per heavy atom. The van der Waals surface area contributed by atoms with E-state index in [1.165, 1.54) is 18.3 Å². The molecule has 1 amide bonds. The smallest absolute Gasteiger partial charge is 0.261 e. The normalized spacial score (nSPS) is 10.7. The largest absolute Gasteiger partial charge is 0.508 e. The van der Waals surface area contributed by atoms with E-state index in [0.717, 1.165) is 4.68 Å². The molecule has 0 spiro atoms. The lowest BCUT2D eigenvalue weighted by molar-refractivity contribution is -0.121. The number of amides is 1. The molecule has 0 saturated carbocycles. The molecule has 9 heteroatoms. The molecule has 2 aromatic rings. The van der Waals surface area contributed by atoms with Crippen LogP contribution in [0, 0.1) is 0 Å². The van der Waals surface area contributed by atoms with Crippen molar-refractivity contribution in [3.8, 4) is 5.75 Å². The van der Waals surface area contributed by atoms with Gasteiger partial charge in [-0.2, -0.15) is 5.10 Å². The number of nitrogens with one attached hydrogen (secondary N) is 1. The minimum atomic E-state index is -0.421. The topological polar surface area (TPSA) is 131 Å². The van der Waals surface area contributed by atoms with Gasteiger partial charge in [0.15, 0.2) is 0 Å². The molecule has 2 rings (SSSR count). The van der Waals surface area contributed by atoms with Gasteiger partial charge in [-0.25, -0.2) is 10.1 Å². The molecular weight excluding hydrogens is 250 g/mol. The number of nitrogens with zero attached hydrogens (tertiary/aromatic N) is 5. The van der Waals surface area contributed by atoms with Crippen molar-refractivity contribution in [1.82, 2.24) is 25.6 Å². The Morgan fingerprint density at radius 2 is 2.42 bits per heavy atom. The number of nitrogens with two attached hydrogens (primary N) is 1. The molecule has 0 aliphatic rings. The second-order valence-electron chi connectivity index (χ2n) is 3.58. The van der Waals surface area contributed by atoms with Gasteiger partial charge in [0.05, 0.1) is 6.21 Å². The maximum absolute atomic E-state index is 11.5. The highest BCUT2D eigenvalue weighted by Crippen LogP contribution is 2.08. The predicted octanol–water partition coefficient (Wildman–Crippen LogP) is -0.889. The summed E-state index contributed by atoms with van der Waals surface area (Å²) in [6, 6.07) is 6.44. The Morgan fingerprint density at radius 3 is 3.11 bits per heavy atom. The fraction of sp³-hybridized carbons (Fsp3) is 0.100. The molecule has 0 fully saturated rings. The highest BCUT2D eigenvalue weighted by Gasteiger charge is 2.06. The first kappa shape index (κ1) is 12.5. The maximum Gasteiger partial charge on any atom is 0.261 e. The van der Waals surface area contributed by atoms with Gasteiger partial charge in [0, 0.05) is 0 Å². The number of benzene rings is 1. The number of hydrazone groups is 1. The number of tetrazole rings is 1. The van der Waals surface area contributed by atoms with Crippen LogP contribution in [-0.4, -0.2) is 37.4 Å². The Bertz CT molecular complexity index is 607. The van der Waals surface area contributed by atoms with Crippen LogP contribution < -0.4 is 11.2 Å². The molecular formula is C10H11N7O2. The molecule has 4 N–H and O–H groups in total. The van der Waals surface area contributed by atoms with Crippen molar-refractivity contribution >= 4 is 18.1 Å². The molecule has 19 heavy (non-hydrogen) atoms. The molecule has 0 unspecified atom stereocenters. The van der Waals surface area contributed by atoms with E-state index < -0.39 is 5.91 Å². The number of aromatic hydroxyl groups is 1. The van der Waals surface area contributed by atoms with Crippen LogP contribution in [0.1, 0.15) is 5.56 Å². The van der Waals surface area contributed by atoms with Crippen molar-refractivity contribution in [1.29, 1.82) is 0 Å². The third-order valence-corrected chi connectivity index (χ3v) is 2.13. The summed E-state index contributed by atoms with van der Waals surface area (Å²) >= 11 is 0. The number of carbonyl (C=O) groups is 1. The van der Waals surface area contributed by atoms with E-state index in [4.69, 9.17) is 5.73 Å². The molecule has 0 saturated heterocycles. The molecule has 1 aromatic carbocycles. The van der Waals surface area contributed by atoms with E-state index in [0.29, 0.717) is 5.56 Å².